The molecule has 1 heterocycles. The van der Waals surface area contributed by atoms with Crippen molar-refractivity contribution in [2.75, 3.05) is 0 Å². The molecule has 150 valence electrons. The van der Waals surface area contributed by atoms with Gasteiger partial charge in [0.2, 0.25) is 5.91 Å². The number of hydrogen-bond donors (Lipinski definition) is 2. The standard InChI is InChI=1S/C19H15Cl2N3O4S/c20-14-2-1-3-15(21)13(14)10-28-12-6-4-11(5-7-12)9-22-24-19-23-18(27)16(29-19)8-17(25)26/h1-7,9,16H,8,10H2,(H,25,26)(H,23,24,27)/b22-9-/t16-/m1/s1. The van der Waals surface area contributed by atoms with Crippen molar-refractivity contribution in [1.29, 1.82) is 0 Å². The third-order valence-electron chi connectivity index (χ3n) is 3.82. The molecule has 1 amide bonds. The Labute approximate surface area is 180 Å². The molecule has 0 aromatic heterocycles. The van der Waals surface area contributed by atoms with E-state index in [9.17, 15) is 9.59 Å². The number of aliphatic carboxylic acids is 1. The fourth-order valence-electron chi connectivity index (χ4n) is 2.37. The smallest absolute Gasteiger partial charge is 0.305 e. The summed E-state index contributed by atoms with van der Waals surface area (Å²) in [7, 11) is 0. The molecule has 0 unspecified atom stereocenters. The number of ether oxygens (including phenoxy) is 1. The molecular weight excluding hydrogens is 437 g/mol. The maximum atomic E-state index is 11.6. The molecule has 3 rings (SSSR count). The number of nitrogens with zero attached hydrogens (tertiary/aromatic N) is 2. The topological polar surface area (TPSA) is 100 Å². The monoisotopic (exact) mass is 451 g/mol. The van der Waals surface area contributed by atoms with Crippen LogP contribution in [0.5, 0.6) is 5.75 Å². The van der Waals surface area contributed by atoms with Gasteiger partial charge in [-0.15, -0.1) is 5.10 Å². The van der Waals surface area contributed by atoms with Crippen molar-refractivity contribution in [3.8, 4) is 5.75 Å². The number of carboxylic acids is 1. The molecule has 0 aliphatic carbocycles. The highest BCUT2D eigenvalue weighted by Crippen LogP contribution is 2.26. The first kappa shape index (κ1) is 21.2. The van der Waals surface area contributed by atoms with Gasteiger partial charge in [0.1, 0.15) is 17.6 Å². The number of rotatable bonds is 7. The van der Waals surface area contributed by atoms with Crippen LogP contribution in [0.4, 0.5) is 0 Å². The molecule has 10 heteroatoms. The van der Waals surface area contributed by atoms with Crippen LogP contribution >= 0.6 is 35.0 Å². The number of halogens is 2. The largest absolute Gasteiger partial charge is 0.489 e. The lowest BCUT2D eigenvalue weighted by Gasteiger charge is -2.09. The molecule has 1 fully saturated rings. The van der Waals surface area contributed by atoms with Crippen molar-refractivity contribution in [3.05, 3.63) is 63.6 Å². The van der Waals surface area contributed by atoms with E-state index in [1.807, 2.05) is 0 Å². The first-order chi connectivity index (χ1) is 13.9. The Morgan fingerprint density at radius 3 is 2.55 bits per heavy atom. The van der Waals surface area contributed by atoms with E-state index < -0.39 is 11.2 Å². The van der Waals surface area contributed by atoms with E-state index in [1.54, 1.807) is 42.5 Å². The maximum Gasteiger partial charge on any atom is 0.305 e. The van der Waals surface area contributed by atoms with Crippen LogP contribution in [0.3, 0.4) is 0 Å². The molecule has 2 aromatic carbocycles. The highest BCUT2D eigenvalue weighted by molar-refractivity contribution is 8.15. The Morgan fingerprint density at radius 1 is 1.21 bits per heavy atom. The predicted octanol–water partition coefficient (Wildman–Crippen LogP) is 3.97. The molecule has 0 saturated carbocycles. The molecule has 1 aliphatic heterocycles. The van der Waals surface area contributed by atoms with Crippen LogP contribution in [0.1, 0.15) is 17.5 Å². The zero-order valence-corrected chi connectivity index (χ0v) is 17.2. The van der Waals surface area contributed by atoms with Gasteiger partial charge in [0.25, 0.3) is 0 Å². The van der Waals surface area contributed by atoms with E-state index in [0.717, 1.165) is 22.9 Å². The number of carboxylic acid groups (broad SMARTS) is 1. The molecule has 0 spiro atoms. The predicted molar refractivity (Wildman–Crippen MR) is 114 cm³/mol. The number of benzene rings is 2. The van der Waals surface area contributed by atoms with Gasteiger partial charge in [-0.25, -0.2) is 0 Å². The molecule has 2 N–H and O–H groups in total. The van der Waals surface area contributed by atoms with Crippen molar-refractivity contribution in [1.82, 2.24) is 5.32 Å². The van der Waals surface area contributed by atoms with Crippen LogP contribution in [0.2, 0.25) is 10.0 Å². The summed E-state index contributed by atoms with van der Waals surface area (Å²) in [5, 5.41) is 19.8. The molecule has 7 nitrogen and oxygen atoms in total. The van der Waals surface area contributed by atoms with E-state index >= 15 is 0 Å². The normalized spacial score (nSPS) is 17.7. The van der Waals surface area contributed by atoms with Gasteiger partial charge in [0.15, 0.2) is 5.17 Å². The summed E-state index contributed by atoms with van der Waals surface area (Å²) in [5.74, 6) is -0.785. The van der Waals surface area contributed by atoms with Gasteiger partial charge in [-0.2, -0.15) is 5.10 Å². The minimum Gasteiger partial charge on any atom is -0.489 e. The van der Waals surface area contributed by atoms with E-state index in [2.05, 4.69) is 15.5 Å². The Hall–Kier alpha value is -2.55. The molecule has 1 atom stereocenters. The Bertz CT molecular complexity index is 960. The number of amidine groups is 1. The number of thioether (sulfide) groups is 1. The number of hydrogen-bond acceptors (Lipinski definition) is 6. The minimum absolute atomic E-state index is 0.244. The number of nitrogens with one attached hydrogen (secondary N) is 1. The molecule has 1 aliphatic rings. The van der Waals surface area contributed by atoms with Crippen molar-refractivity contribution >= 4 is 58.2 Å². The lowest BCUT2D eigenvalue weighted by atomic mass is 10.2. The van der Waals surface area contributed by atoms with Crippen LogP contribution in [0.15, 0.2) is 52.7 Å². The summed E-state index contributed by atoms with van der Waals surface area (Å²) in [5.41, 5.74) is 1.49. The van der Waals surface area contributed by atoms with Crippen LogP contribution in [-0.4, -0.2) is 33.6 Å². The third kappa shape index (κ3) is 5.96. The quantitative estimate of drug-likeness (QED) is 0.489. The molecule has 0 radical (unpaired) electrons. The number of carbonyl (C=O) groups is 2. The minimum atomic E-state index is -1.04. The fraction of sp³-hybridized carbons (Fsp3) is 0.158. The highest BCUT2D eigenvalue weighted by atomic mass is 35.5. The summed E-state index contributed by atoms with van der Waals surface area (Å²) in [6.07, 6.45) is 1.25. The SMILES string of the molecule is O=C(O)C[C@H]1S/C(=N\N=C/c2ccc(OCc3c(Cl)cccc3Cl)cc2)NC1=O. The van der Waals surface area contributed by atoms with E-state index in [4.69, 9.17) is 33.0 Å². The summed E-state index contributed by atoms with van der Waals surface area (Å²) >= 11 is 13.3. The van der Waals surface area contributed by atoms with Gasteiger partial charge >= 0.3 is 5.97 Å². The average molecular weight is 452 g/mol. The fourth-order valence-corrected chi connectivity index (χ4v) is 3.79. The first-order valence-corrected chi connectivity index (χ1v) is 10.0. The van der Waals surface area contributed by atoms with E-state index in [1.165, 1.54) is 6.21 Å². The van der Waals surface area contributed by atoms with Crippen LogP contribution in [-0.2, 0) is 16.2 Å². The Balaban J connectivity index is 1.55. The summed E-state index contributed by atoms with van der Waals surface area (Å²) in [4.78, 5) is 22.3. The third-order valence-corrected chi connectivity index (χ3v) is 5.60. The summed E-state index contributed by atoms with van der Waals surface area (Å²) < 4.78 is 5.71. The molecule has 29 heavy (non-hydrogen) atoms. The zero-order valence-electron chi connectivity index (χ0n) is 14.8. The van der Waals surface area contributed by atoms with E-state index in [-0.39, 0.29) is 24.1 Å². The summed E-state index contributed by atoms with van der Waals surface area (Å²) in [6, 6.07) is 12.4. The zero-order chi connectivity index (χ0) is 20.8. The lowest BCUT2D eigenvalue weighted by molar-refractivity contribution is -0.138. The number of carbonyl (C=O) groups excluding carboxylic acids is 1. The second-order valence-corrected chi connectivity index (χ2v) is 7.91. The molecular formula is C19H15Cl2N3O4S. The van der Waals surface area contributed by atoms with Crippen molar-refractivity contribution in [3.63, 3.8) is 0 Å². The van der Waals surface area contributed by atoms with Crippen molar-refractivity contribution < 1.29 is 19.4 Å². The van der Waals surface area contributed by atoms with Crippen molar-refractivity contribution in [2.45, 2.75) is 18.3 Å². The van der Waals surface area contributed by atoms with Gasteiger partial charge in [0.05, 0.1) is 12.6 Å². The lowest BCUT2D eigenvalue weighted by Crippen LogP contribution is -2.26. The van der Waals surface area contributed by atoms with Crippen LogP contribution in [0, 0.1) is 0 Å². The number of amides is 1. The van der Waals surface area contributed by atoms with E-state index in [0.29, 0.717) is 15.8 Å². The molecule has 2 aromatic rings. The van der Waals surface area contributed by atoms with Gasteiger partial charge in [0, 0.05) is 15.6 Å². The average Bonchev–Trinajstić information content (AvgIpc) is 3.01. The van der Waals surface area contributed by atoms with Crippen molar-refractivity contribution in [2.24, 2.45) is 10.2 Å². The van der Waals surface area contributed by atoms with Crippen LogP contribution in [0.25, 0.3) is 0 Å². The Kier molecular flexibility index (Phi) is 7.13. The van der Waals surface area contributed by atoms with Gasteiger partial charge in [-0.05, 0) is 42.0 Å². The summed E-state index contributed by atoms with van der Waals surface area (Å²) in [6.45, 7) is 0.244. The first-order valence-electron chi connectivity index (χ1n) is 8.38. The second-order valence-electron chi connectivity index (χ2n) is 5.90. The van der Waals surface area contributed by atoms with Gasteiger partial charge in [-0.3, -0.25) is 9.59 Å². The highest BCUT2D eigenvalue weighted by Gasteiger charge is 2.32. The maximum absolute atomic E-state index is 11.6. The van der Waals surface area contributed by atoms with Gasteiger partial charge < -0.3 is 15.2 Å². The van der Waals surface area contributed by atoms with Gasteiger partial charge in [-0.1, -0.05) is 41.0 Å². The Morgan fingerprint density at radius 2 is 1.90 bits per heavy atom. The van der Waals surface area contributed by atoms with Crippen LogP contribution < -0.4 is 10.1 Å². The second kappa shape index (κ2) is 9.78. The molecule has 0 bridgehead atoms. The molecule has 1 saturated heterocycles.